The first-order valence-electron chi connectivity index (χ1n) is 9.18. The summed E-state index contributed by atoms with van der Waals surface area (Å²) in [5, 5.41) is 3.71. The lowest BCUT2D eigenvalue weighted by molar-refractivity contribution is 0.378. The highest BCUT2D eigenvalue weighted by molar-refractivity contribution is 7.89. The fourth-order valence-corrected chi connectivity index (χ4v) is 5.10. The smallest absolute Gasteiger partial charge is 0.248 e. The van der Waals surface area contributed by atoms with Crippen LogP contribution in [0.4, 0.5) is 0 Å². The first-order chi connectivity index (χ1) is 12.2. The normalized spacial score (nSPS) is 18.9. The second kappa shape index (κ2) is 5.92. The number of aromatic nitrogens is 3. The first-order valence-corrected chi connectivity index (χ1v) is 10.6. The Hall–Kier alpha value is -1.67. The van der Waals surface area contributed by atoms with Crippen LogP contribution < -0.4 is 0 Å². The number of aryl methyl sites for hydroxylation is 1. The highest BCUT2D eigenvalue weighted by atomic mass is 32.2. The molecule has 0 amide bonds. The molecule has 1 aliphatic carbocycles. The monoisotopic (exact) mass is 378 g/mol. The maximum atomic E-state index is 12.9. The number of rotatable bonds is 4. The minimum Gasteiger partial charge on any atom is -0.363 e. The molecule has 142 valence electrons. The summed E-state index contributed by atoms with van der Waals surface area (Å²) >= 11 is 0. The molecule has 0 unspecified atom stereocenters. The van der Waals surface area contributed by atoms with Crippen LogP contribution in [0.2, 0.25) is 0 Å². The van der Waals surface area contributed by atoms with Crippen molar-refractivity contribution in [3.8, 4) is 0 Å². The zero-order chi connectivity index (χ0) is 18.7. The van der Waals surface area contributed by atoms with Gasteiger partial charge in [0.25, 0.3) is 0 Å². The lowest BCUT2D eigenvalue weighted by Gasteiger charge is -2.26. The third-order valence-electron chi connectivity index (χ3n) is 5.21. The molecule has 0 atom stereocenters. The summed E-state index contributed by atoms with van der Waals surface area (Å²) in [6.45, 7) is 9.92. The number of imidazole rings is 1. The van der Waals surface area contributed by atoms with Gasteiger partial charge in [0.1, 0.15) is 22.7 Å². The molecule has 1 aliphatic heterocycles. The number of hydrogen-bond acceptors (Lipinski definition) is 5. The molecule has 2 aromatic rings. The molecule has 3 heterocycles. The second-order valence-electron chi connectivity index (χ2n) is 8.49. The predicted octanol–water partition coefficient (Wildman–Crippen LogP) is 2.63. The molecule has 7 nitrogen and oxygen atoms in total. The van der Waals surface area contributed by atoms with Crippen molar-refractivity contribution >= 4 is 10.0 Å². The Labute approximate surface area is 154 Å². The Kier molecular flexibility index (Phi) is 4.04. The van der Waals surface area contributed by atoms with Gasteiger partial charge in [-0.25, -0.2) is 13.4 Å². The van der Waals surface area contributed by atoms with Crippen molar-refractivity contribution in [2.24, 2.45) is 5.92 Å². The fraction of sp³-hybridized carbons (Fsp3) is 0.667. The van der Waals surface area contributed by atoms with Crippen LogP contribution in [0.1, 0.15) is 56.5 Å². The topological polar surface area (TPSA) is 81.2 Å². The van der Waals surface area contributed by atoms with Crippen LogP contribution >= 0.6 is 0 Å². The molecule has 0 saturated heterocycles. The molecule has 26 heavy (non-hydrogen) atoms. The van der Waals surface area contributed by atoms with Gasteiger partial charge in [0, 0.05) is 30.6 Å². The molecule has 2 aromatic heterocycles. The van der Waals surface area contributed by atoms with Gasteiger partial charge in [-0.3, -0.25) is 0 Å². The van der Waals surface area contributed by atoms with E-state index in [4.69, 9.17) is 9.51 Å². The van der Waals surface area contributed by atoms with Gasteiger partial charge in [0.2, 0.25) is 10.0 Å². The van der Waals surface area contributed by atoms with E-state index in [-0.39, 0.29) is 10.3 Å². The average molecular weight is 378 g/mol. The highest BCUT2D eigenvalue weighted by Gasteiger charge is 2.36. The number of nitrogens with zero attached hydrogens (tertiary/aromatic N) is 4. The maximum Gasteiger partial charge on any atom is 0.248 e. The Balaban J connectivity index is 1.69. The minimum atomic E-state index is -3.61. The summed E-state index contributed by atoms with van der Waals surface area (Å²) in [5.41, 5.74) is 2.42. The number of hydrogen-bond donors (Lipinski definition) is 0. The van der Waals surface area contributed by atoms with E-state index in [0.29, 0.717) is 25.2 Å². The molecule has 1 fully saturated rings. The maximum absolute atomic E-state index is 12.9. The van der Waals surface area contributed by atoms with Gasteiger partial charge in [-0.1, -0.05) is 25.9 Å². The van der Waals surface area contributed by atoms with E-state index in [1.807, 2.05) is 0 Å². The summed E-state index contributed by atoms with van der Waals surface area (Å²) < 4.78 is 34.6. The summed E-state index contributed by atoms with van der Waals surface area (Å²) in [4.78, 5) is 5.04. The third-order valence-corrected chi connectivity index (χ3v) is 7.15. The first kappa shape index (κ1) is 17.7. The van der Waals surface area contributed by atoms with E-state index >= 15 is 0 Å². The van der Waals surface area contributed by atoms with Crippen molar-refractivity contribution in [2.45, 2.75) is 70.4 Å². The molecule has 0 aromatic carbocycles. The molecule has 0 radical (unpaired) electrons. The lowest BCUT2D eigenvalue weighted by atomic mass is 9.95. The minimum absolute atomic E-state index is 0.0685. The zero-order valence-electron chi connectivity index (χ0n) is 15.8. The Morgan fingerprint density at radius 2 is 2.04 bits per heavy atom. The van der Waals surface area contributed by atoms with Crippen LogP contribution in [0.3, 0.4) is 0 Å². The van der Waals surface area contributed by atoms with Crippen molar-refractivity contribution in [3.63, 3.8) is 0 Å². The molecule has 0 bridgehead atoms. The largest absolute Gasteiger partial charge is 0.363 e. The van der Waals surface area contributed by atoms with Crippen molar-refractivity contribution in [1.82, 2.24) is 19.0 Å². The lowest BCUT2D eigenvalue weighted by Crippen LogP contribution is -2.36. The van der Waals surface area contributed by atoms with Crippen molar-refractivity contribution in [3.05, 3.63) is 29.2 Å². The van der Waals surface area contributed by atoms with Gasteiger partial charge in [-0.15, -0.1) is 0 Å². The van der Waals surface area contributed by atoms with Crippen LogP contribution in [0.5, 0.6) is 0 Å². The van der Waals surface area contributed by atoms with Gasteiger partial charge in [-0.2, -0.15) is 4.31 Å². The Bertz CT molecular complexity index is 932. The molecule has 0 N–H and O–H groups in total. The van der Waals surface area contributed by atoms with E-state index in [1.165, 1.54) is 29.1 Å². The van der Waals surface area contributed by atoms with Crippen molar-refractivity contribution in [2.75, 3.05) is 6.54 Å². The van der Waals surface area contributed by atoms with Gasteiger partial charge in [0.05, 0.1) is 12.2 Å². The summed E-state index contributed by atoms with van der Waals surface area (Å²) in [6, 6.07) is 0. The molecule has 8 heteroatoms. The predicted molar refractivity (Wildman–Crippen MR) is 96.2 cm³/mol. The number of sulfonamides is 1. The molecule has 4 rings (SSSR count). The van der Waals surface area contributed by atoms with E-state index in [2.05, 4.69) is 30.5 Å². The zero-order valence-corrected chi connectivity index (χ0v) is 16.6. The summed E-state index contributed by atoms with van der Waals surface area (Å²) in [7, 11) is -3.61. The van der Waals surface area contributed by atoms with Gasteiger partial charge >= 0.3 is 0 Å². The van der Waals surface area contributed by atoms with Gasteiger partial charge in [-0.05, 0) is 25.7 Å². The highest BCUT2D eigenvalue weighted by Crippen LogP contribution is 2.36. The van der Waals surface area contributed by atoms with Crippen LogP contribution in [0.25, 0.3) is 0 Å². The molecular weight excluding hydrogens is 352 g/mol. The van der Waals surface area contributed by atoms with Crippen molar-refractivity contribution in [1.29, 1.82) is 0 Å². The fourth-order valence-electron chi connectivity index (χ4n) is 3.62. The SMILES string of the molecule is Cc1nocc1S(=O)(=O)N1CCc2c(nc(C(C)(C)C)n2CC2CC2)C1. The number of fused-ring (bicyclic) bond motifs is 1. The van der Waals surface area contributed by atoms with Crippen LogP contribution in [-0.2, 0) is 34.9 Å². The van der Waals surface area contributed by atoms with Gasteiger partial charge in [0.15, 0.2) is 0 Å². The average Bonchev–Trinajstić information content (AvgIpc) is 3.13. The quantitative estimate of drug-likeness (QED) is 0.817. The van der Waals surface area contributed by atoms with E-state index in [9.17, 15) is 8.42 Å². The molecule has 2 aliphatic rings. The summed E-state index contributed by atoms with van der Waals surface area (Å²) in [6.07, 6.45) is 4.47. The Morgan fingerprint density at radius 3 is 2.62 bits per heavy atom. The Morgan fingerprint density at radius 1 is 1.31 bits per heavy atom. The van der Waals surface area contributed by atoms with E-state index in [0.717, 1.165) is 24.0 Å². The van der Waals surface area contributed by atoms with E-state index in [1.54, 1.807) is 6.92 Å². The van der Waals surface area contributed by atoms with Crippen molar-refractivity contribution < 1.29 is 12.9 Å². The molecular formula is C18H26N4O3S. The van der Waals surface area contributed by atoms with Crippen LogP contribution in [0, 0.1) is 12.8 Å². The standard InChI is InChI=1S/C18H26N4O3S/c1-12-16(11-25-20-12)26(23,24)21-8-7-15-14(10-21)19-17(18(2,3)4)22(15)9-13-5-6-13/h11,13H,5-10H2,1-4H3. The summed E-state index contributed by atoms with van der Waals surface area (Å²) in [5.74, 6) is 1.81. The van der Waals surface area contributed by atoms with Gasteiger partial charge < -0.3 is 9.09 Å². The molecule has 1 saturated carbocycles. The van der Waals surface area contributed by atoms with E-state index < -0.39 is 10.0 Å². The van der Waals surface area contributed by atoms with Crippen LogP contribution in [0.15, 0.2) is 15.7 Å². The van der Waals surface area contributed by atoms with Crippen LogP contribution in [-0.4, -0.2) is 34.0 Å². The third kappa shape index (κ3) is 2.99. The molecule has 0 spiro atoms. The second-order valence-corrected chi connectivity index (χ2v) is 10.4.